The molecule has 84 valence electrons. The number of amides is 2. The minimum absolute atomic E-state index is 0.0216. The van der Waals surface area contributed by atoms with Crippen LogP contribution < -0.4 is 5.32 Å². The van der Waals surface area contributed by atoms with Gasteiger partial charge in [0.25, 0.3) is 0 Å². The second-order valence-electron chi connectivity index (χ2n) is 3.60. The van der Waals surface area contributed by atoms with Crippen LogP contribution >= 0.6 is 11.8 Å². The van der Waals surface area contributed by atoms with Crippen LogP contribution in [0.4, 0.5) is 0 Å². The molecule has 0 aliphatic carbocycles. The summed E-state index contributed by atoms with van der Waals surface area (Å²) in [4.78, 5) is 33.6. The number of piperidine rings is 1. The van der Waals surface area contributed by atoms with Gasteiger partial charge < -0.3 is 0 Å². The quantitative estimate of drug-likeness (QED) is 0.579. The lowest BCUT2D eigenvalue weighted by Gasteiger charge is -2.18. The third kappa shape index (κ3) is 4.03. The van der Waals surface area contributed by atoms with E-state index in [1.54, 1.807) is 0 Å². The number of nitrogens with one attached hydrogen (secondary N) is 1. The Morgan fingerprint density at radius 2 is 2.00 bits per heavy atom. The lowest BCUT2D eigenvalue weighted by Crippen LogP contribution is -2.40. The number of carbonyl (C=O) groups excluding carboxylic acids is 3. The van der Waals surface area contributed by atoms with Crippen LogP contribution in [0.1, 0.15) is 32.6 Å². The molecule has 1 fully saturated rings. The maximum Gasteiger partial charge on any atom is 0.227 e. The molecule has 1 aliphatic rings. The zero-order valence-electron chi connectivity index (χ0n) is 8.75. The summed E-state index contributed by atoms with van der Waals surface area (Å²) >= 11 is 1.24. The second-order valence-corrected chi connectivity index (χ2v) is 4.70. The van der Waals surface area contributed by atoms with Gasteiger partial charge in [-0.05, 0) is 6.42 Å². The minimum atomic E-state index is -0.409. The first kappa shape index (κ1) is 12.2. The third-order valence-corrected chi connectivity index (χ3v) is 3.33. The fourth-order valence-corrected chi connectivity index (χ4v) is 2.42. The Morgan fingerprint density at radius 1 is 1.40 bits per heavy atom. The third-order valence-electron chi connectivity index (χ3n) is 2.22. The number of unbranched alkanes of at least 4 members (excludes halogenated alkanes) is 1. The van der Waals surface area contributed by atoms with Gasteiger partial charge in [-0.25, -0.2) is 0 Å². The highest BCUT2D eigenvalue weighted by Gasteiger charge is 2.29. The van der Waals surface area contributed by atoms with E-state index >= 15 is 0 Å². The molecule has 0 aromatic heterocycles. The Labute approximate surface area is 93.2 Å². The van der Waals surface area contributed by atoms with E-state index in [1.807, 2.05) is 0 Å². The molecule has 1 aliphatic heterocycles. The van der Waals surface area contributed by atoms with E-state index < -0.39 is 5.92 Å². The molecule has 1 heterocycles. The summed E-state index contributed by atoms with van der Waals surface area (Å²) in [5.74, 6) is -0.295. The summed E-state index contributed by atoms with van der Waals surface area (Å²) in [5, 5.41) is 2.17. The molecule has 4 nitrogen and oxygen atoms in total. The van der Waals surface area contributed by atoms with E-state index in [0.717, 1.165) is 18.6 Å². The highest BCUT2D eigenvalue weighted by atomic mass is 32.2. The Bertz CT molecular complexity index is 262. The van der Waals surface area contributed by atoms with Gasteiger partial charge in [-0.15, -0.1) is 0 Å². The summed E-state index contributed by atoms with van der Waals surface area (Å²) in [6, 6.07) is 0. The summed E-state index contributed by atoms with van der Waals surface area (Å²) in [5.41, 5.74) is 0. The van der Waals surface area contributed by atoms with Crippen molar-refractivity contribution in [2.45, 2.75) is 32.6 Å². The van der Waals surface area contributed by atoms with E-state index in [2.05, 4.69) is 12.2 Å². The molecule has 0 spiro atoms. The van der Waals surface area contributed by atoms with Crippen LogP contribution in [0.2, 0.25) is 0 Å². The largest absolute Gasteiger partial charge is 0.296 e. The highest BCUT2D eigenvalue weighted by Crippen LogP contribution is 2.21. The fraction of sp³-hybridized carbons (Fsp3) is 0.700. The molecule has 2 amide bonds. The summed E-state index contributed by atoms with van der Waals surface area (Å²) in [6.45, 7) is 2.06. The molecule has 0 radical (unpaired) electrons. The monoisotopic (exact) mass is 229 g/mol. The van der Waals surface area contributed by atoms with Crippen molar-refractivity contribution in [3.05, 3.63) is 0 Å². The van der Waals surface area contributed by atoms with E-state index in [0.29, 0.717) is 0 Å². The molecule has 1 saturated heterocycles. The van der Waals surface area contributed by atoms with Crippen molar-refractivity contribution < 1.29 is 14.4 Å². The maximum atomic E-state index is 11.6. The summed E-state index contributed by atoms with van der Waals surface area (Å²) in [7, 11) is 0. The molecule has 1 rings (SSSR count). The van der Waals surface area contributed by atoms with Crippen molar-refractivity contribution >= 4 is 28.7 Å². The molecule has 0 aromatic carbocycles. The van der Waals surface area contributed by atoms with Gasteiger partial charge in [0.1, 0.15) is 0 Å². The average molecular weight is 229 g/mol. The molecule has 0 aromatic rings. The van der Waals surface area contributed by atoms with Gasteiger partial charge in [0.15, 0.2) is 5.12 Å². The Kier molecular flexibility index (Phi) is 4.81. The molecule has 0 unspecified atom stereocenters. The highest BCUT2D eigenvalue weighted by molar-refractivity contribution is 8.13. The predicted octanol–water partition coefficient (Wildman–Crippen LogP) is 1.10. The van der Waals surface area contributed by atoms with Crippen LogP contribution in [0.15, 0.2) is 0 Å². The van der Waals surface area contributed by atoms with E-state index in [4.69, 9.17) is 0 Å². The number of imide groups is 1. The van der Waals surface area contributed by atoms with Crippen LogP contribution in [0, 0.1) is 5.92 Å². The molecule has 5 heteroatoms. The van der Waals surface area contributed by atoms with E-state index in [-0.39, 0.29) is 29.8 Å². The average Bonchev–Trinajstić information content (AvgIpc) is 2.16. The van der Waals surface area contributed by atoms with Gasteiger partial charge in [-0.2, -0.15) is 0 Å². The Hall–Kier alpha value is -0.840. The molecule has 15 heavy (non-hydrogen) atoms. The lowest BCUT2D eigenvalue weighted by atomic mass is 9.99. The lowest BCUT2D eigenvalue weighted by molar-refractivity contribution is -0.137. The zero-order chi connectivity index (χ0) is 11.3. The van der Waals surface area contributed by atoms with Gasteiger partial charge in [-0.3, -0.25) is 19.7 Å². The van der Waals surface area contributed by atoms with Gasteiger partial charge >= 0.3 is 0 Å². The topological polar surface area (TPSA) is 63.2 Å². The standard InChI is InChI=1S/C10H15NO3S/c1-2-3-4-15-10(14)7-5-8(12)11-9(13)6-7/h7H,2-6H2,1H3,(H,11,12,13). The first-order valence-corrected chi connectivity index (χ1v) is 6.11. The molecular weight excluding hydrogens is 214 g/mol. The summed E-state index contributed by atoms with van der Waals surface area (Å²) in [6.07, 6.45) is 2.35. The Balaban J connectivity index is 2.38. The van der Waals surface area contributed by atoms with Crippen LogP contribution in [-0.4, -0.2) is 22.7 Å². The van der Waals surface area contributed by atoms with Crippen molar-refractivity contribution in [1.82, 2.24) is 5.32 Å². The molecule has 0 bridgehead atoms. The van der Waals surface area contributed by atoms with Crippen LogP contribution in [-0.2, 0) is 14.4 Å². The van der Waals surface area contributed by atoms with Crippen molar-refractivity contribution in [3.63, 3.8) is 0 Å². The first-order chi connectivity index (χ1) is 7.13. The van der Waals surface area contributed by atoms with Gasteiger partial charge in [0.2, 0.25) is 11.8 Å². The van der Waals surface area contributed by atoms with Crippen LogP contribution in [0.5, 0.6) is 0 Å². The number of carbonyl (C=O) groups is 3. The second kappa shape index (κ2) is 5.90. The fourth-order valence-electron chi connectivity index (χ4n) is 1.38. The molecule has 1 N–H and O–H groups in total. The SMILES string of the molecule is CCCCSC(=O)C1CC(=O)NC(=O)C1. The number of thioether (sulfide) groups is 1. The van der Waals surface area contributed by atoms with Crippen molar-refractivity contribution in [2.24, 2.45) is 5.92 Å². The van der Waals surface area contributed by atoms with E-state index in [9.17, 15) is 14.4 Å². The van der Waals surface area contributed by atoms with Crippen molar-refractivity contribution in [2.75, 3.05) is 5.75 Å². The van der Waals surface area contributed by atoms with Gasteiger partial charge in [0, 0.05) is 24.5 Å². The molecular formula is C10H15NO3S. The maximum absolute atomic E-state index is 11.6. The Morgan fingerprint density at radius 3 is 2.53 bits per heavy atom. The zero-order valence-corrected chi connectivity index (χ0v) is 9.56. The minimum Gasteiger partial charge on any atom is -0.296 e. The van der Waals surface area contributed by atoms with E-state index in [1.165, 1.54) is 11.8 Å². The smallest absolute Gasteiger partial charge is 0.227 e. The number of rotatable bonds is 4. The van der Waals surface area contributed by atoms with Crippen LogP contribution in [0.25, 0.3) is 0 Å². The predicted molar refractivity (Wildman–Crippen MR) is 58.2 cm³/mol. The number of hydrogen-bond acceptors (Lipinski definition) is 4. The van der Waals surface area contributed by atoms with Crippen LogP contribution in [0.3, 0.4) is 0 Å². The van der Waals surface area contributed by atoms with Gasteiger partial charge in [-0.1, -0.05) is 25.1 Å². The normalized spacial score (nSPS) is 17.7. The molecule has 0 saturated carbocycles. The van der Waals surface area contributed by atoms with Gasteiger partial charge in [0.05, 0.1) is 0 Å². The first-order valence-electron chi connectivity index (χ1n) is 5.12. The number of hydrogen-bond donors (Lipinski definition) is 1. The van der Waals surface area contributed by atoms with Crippen molar-refractivity contribution in [1.29, 1.82) is 0 Å². The summed E-state index contributed by atoms with van der Waals surface area (Å²) < 4.78 is 0. The van der Waals surface area contributed by atoms with Crippen molar-refractivity contribution in [3.8, 4) is 0 Å². The molecule has 0 atom stereocenters.